The van der Waals surface area contributed by atoms with Crippen molar-refractivity contribution in [3.05, 3.63) is 41.4 Å². The third-order valence-corrected chi connectivity index (χ3v) is 5.36. The van der Waals surface area contributed by atoms with Gasteiger partial charge in [-0.05, 0) is 30.4 Å². The van der Waals surface area contributed by atoms with E-state index in [0.29, 0.717) is 28.2 Å². The van der Waals surface area contributed by atoms with Crippen LogP contribution in [0.4, 0.5) is 11.5 Å². The topological polar surface area (TPSA) is 130 Å². The van der Waals surface area contributed by atoms with Crippen LogP contribution in [0, 0.1) is 5.92 Å². The fourth-order valence-corrected chi connectivity index (χ4v) is 3.87. The number of hydrogen-bond acceptors (Lipinski definition) is 6. The monoisotopic (exact) mass is 413 g/mol. The van der Waals surface area contributed by atoms with E-state index in [2.05, 4.69) is 32.4 Å². The summed E-state index contributed by atoms with van der Waals surface area (Å²) >= 11 is 6.08. The van der Waals surface area contributed by atoms with E-state index >= 15 is 0 Å². The molecular weight excluding hydrogens is 394 g/mol. The molecule has 1 saturated heterocycles. The average Bonchev–Trinajstić information content (AvgIpc) is 3.20. The lowest BCUT2D eigenvalue weighted by molar-refractivity contribution is -0.146. The number of hydrogen-bond donors (Lipinski definition) is 3. The van der Waals surface area contributed by atoms with Gasteiger partial charge in [-0.3, -0.25) is 19.7 Å². The number of rotatable bonds is 2. The van der Waals surface area contributed by atoms with Gasteiger partial charge in [0.05, 0.1) is 40.0 Å². The van der Waals surface area contributed by atoms with E-state index in [1.165, 1.54) is 12.4 Å². The highest BCUT2D eigenvalue weighted by molar-refractivity contribution is 6.40. The van der Waals surface area contributed by atoms with Gasteiger partial charge in [-0.15, -0.1) is 0 Å². The van der Waals surface area contributed by atoms with E-state index in [1.54, 1.807) is 23.4 Å². The summed E-state index contributed by atoms with van der Waals surface area (Å²) in [5, 5.41) is 10.4. The number of pyridine rings is 2. The summed E-state index contributed by atoms with van der Waals surface area (Å²) in [5.74, 6) is -0.795. The van der Waals surface area contributed by atoms with Crippen LogP contribution < -0.4 is 11.1 Å². The van der Waals surface area contributed by atoms with E-state index < -0.39 is 11.8 Å². The van der Waals surface area contributed by atoms with Gasteiger partial charge in [0, 0.05) is 18.9 Å². The zero-order chi connectivity index (χ0) is 20.5. The second kappa shape index (κ2) is 7.67. The number of nitrogens with two attached hydrogens (primary N) is 1. The average molecular weight is 414 g/mol. The number of carbonyl (C=O) groups excluding carboxylic acids is 2. The molecular formula is C19H20ClN7O2. The minimum Gasteiger partial charge on any atom is -0.383 e. The molecule has 0 radical (unpaired) electrons. The van der Waals surface area contributed by atoms with Gasteiger partial charge in [0.1, 0.15) is 5.82 Å². The molecule has 2 unspecified atom stereocenters. The second-order valence-corrected chi connectivity index (χ2v) is 7.70. The van der Waals surface area contributed by atoms with Gasteiger partial charge in [-0.2, -0.15) is 5.10 Å². The molecule has 2 amide bonds. The van der Waals surface area contributed by atoms with Crippen molar-refractivity contribution in [1.82, 2.24) is 25.1 Å². The summed E-state index contributed by atoms with van der Waals surface area (Å²) < 4.78 is 0. The number of H-pyrrole nitrogens is 1. The molecule has 9 nitrogen and oxygen atoms in total. The number of amides is 2. The number of carbonyl (C=O) groups is 2. The lowest BCUT2D eigenvalue weighted by Gasteiger charge is -2.38. The summed E-state index contributed by atoms with van der Waals surface area (Å²) in [7, 11) is 0. The normalized spacial score (nSPS) is 19.3. The van der Waals surface area contributed by atoms with Crippen molar-refractivity contribution < 1.29 is 9.59 Å². The van der Waals surface area contributed by atoms with Crippen LogP contribution in [0.5, 0.6) is 0 Å². The van der Waals surface area contributed by atoms with Crippen LogP contribution in [0.3, 0.4) is 0 Å². The predicted octanol–water partition coefficient (Wildman–Crippen LogP) is 2.53. The third kappa shape index (κ3) is 3.73. The fourth-order valence-electron chi connectivity index (χ4n) is 3.69. The summed E-state index contributed by atoms with van der Waals surface area (Å²) in [6.07, 6.45) is 7.82. The molecule has 4 rings (SSSR count). The number of nitrogens with zero attached hydrogens (tertiary/aromatic N) is 4. The Balaban J connectivity index is 1.59. The largest absolute Gasteiger partial charge is 0.383 e. The van der Waals surface area contributed by atoms with Gasteiger partial charge < -0.3 is 16.0 Å². The fraction of sp³-hybridized carbons (Fsp3) is 0.316. The number of piperidine rings is 1. The maximum absolute atomic E-state index is 13.0. The van der Waals surface area contributed by atoms with Gasteiger partial charge in [0.2, 0.25) is 0 Å². The van der Waals surface area contributed by atoms with Crippen LogP contribution in [-0.4, -0.2) is 43.4 Å². The highest BCUT2D eigenvalue weighted by atomic mass is 35.5. The van der Waals surface area contributed by atoms with Crippen molar-refractivity contribution in [2.24, 2.45) is 5.92 Å². The van der Waals surface area contributed by atoms with Gasteiger partial charge in [0.15, 0.2) is 0 Å². The number of aromatic amines is 1. The van der Waals surface area contributed by atoms with Gasteiger partial charge in [-0.1, -0.05) is 18.5 Å². The summed E-state index contributed by atoms with van der Waals surface area (Å²) in [5.41, 5.74) is 7.49. The summed E-state index contributed by atoms with van der Waals surface area (Å²) in [6.45, 7) is 2.53. The van der Waals surface area contributed by atoms with Crippen molar-refractivity contribution in [1.29, 1.82) is 0 Å². The molecule has 2 atom stereocenters. The Morgan fingerprint density at radius 3 is 2.90 bits per heavy atom. The maximum Gasteiger partial charge on any atom is 0.314 e. The first-order valence-corrected chi connectivity index (χ1v) is 9.61. The zero-order valence-corrected chi connectivity index (χ0v) is 16.5. The number of likely N-dealkylation sites (tertiary alicyclic amines) is 1. The van der Waals surface area contributed by atoms with Crippen molar-refractivity contribution in [3.8, 4) is 0 Å². The van der Waals surface area contributed by atoms with E-state index in [0.717, 1.165) is 18.4 Å². The third-order valence-electron chi connectivity index (χ3n) is 5.15. The van der Waals surface area contributed by atoms with Crippen LogP contribution in [0.2, 0.25) is 5.02 Å². The molecule has 0 aliphatic carbocycles. The van der Waals surface area contributed by atoms with Gasteiger partial charge in [-0.25, -0.2) is 4.98 Å². The second-order valence-electron chi connectivity index (χ2n) is 7.26. The Labute approximate surface area is 171 Å². The molecule has 1 aliphatic heterocycles. The van der Waals surface area contributed by atoms with Crippen LogP contribution in [0.1, 0.15) is 31.4 Å². The first kappa shape index (κ1) is 19.1. The highest BCUT2D eigenvalue weighted by Gasteiger charge is 2.34. The molecule has 10 heteroatoms. The predicted molar refractivity (Wildman–Crippen MR) is 109 cm³/mol. The number of halogens is 1. The van der Waals surface area contributed by atoms with E-state index in [-0.39, 0.29) is 17.8 Å². The first-order chi connectivity index (χ1) is 13.9. The van der Waals surface area contributed by atoms with Crippen LogP contribution in [-0.2, 0) is 9.59 Å². The van der Waals surface area contributed by atoms with Crippen molar-refractivity contribution >= 4 is 45.8 Å². The Bertz CT molecular complexity index is 1080. The standard InChI is InChI=1S/C19H20ClN7O2/c1-10-2-3-15(11-4-12(20)6-22-5-11)27(9-10)19(29)18(28)25-14-8-23-17(21)13-7-24-26-16(13)14/h4-8,10,15H,2-3,9H2,1H3,(H2,21,23)(H,24,26)(H,25,28). The van der Waals surface area contributed by atoms with E-state index in [4.69, 9.17) is 17.3 Å². The minimum absolute atomic E-state index is 0.257. The molecule has 29 heavy (non-hydrogen) atoms. The lowest BCUT2D eigenvalue weighted by Crippen LogP contribution is -2.46. The Hall–Kier alpha value is -3.20. The molecule has 1 aliphatic rings. The first-order valence-electron chi connectivity index (χ1n) is 9.24. The molecule has 0 saturated carbocycles. The van der Waals surface area contributed by atoms with Crippen molar-refractivity contribution in [3.63, 3.8) is 0 Å². The number of aromatic nitrogens is 4. The molecule has 3 aromatic heterocycles. The van der Waals surface area contributed by atoms with E-state index in [1.807, 2.05) is 0 Å². The van der Waals surface area contributed by atoms with Gasteiger partial charge in [0.25, 0.3) is 0 Å². The van der Waals surface area contributed by atoms with Crippen molar-refractivity contribution in [2.45, 2.75) is 25.8 Å². The molecule has 0 bridgehead atoms. The Morgan fingerprint density at radius 2 is 2.10 bits per heavy atom. The molecule has 3 aromatic rings. The molecule has 1 fully saturated rings. The van der Waals surface area contributed by atoms with Crippen LogP contribution in [0.25, 0.3) is 10.9 Å². The zero-order valence-electron chi connectivity index (χ0n) is 15.7. The van der Waals surface area contributed by atoms with Crippen LogP contribution in [0.15, 0.2) is 30.9 Å². The minimum atomic E-state index is -0.749. The molecule has 4 heterocycles. The van der Waals surface area contributed by atoms with E-state index in [9.17, 15) is 9.59 Å². The van der Waals surface area contributed by atoms with Crippen molar-refractivity contribution in [2.75, 3.05) is 17.6 Å². The number of fused-ring (bicyclic) bond motifs is 1. The summed E-state index contributed by atoms with van der Waals surface area (Å²) in [4.78, 5) is 35.6. The number of anilines is 2. The molecule has 150 valence electrons. The lowest BCUT2D eigenvalue weighted by atomic mass is 9.90. The molecule has 0 aromatic carbocycles. The quantitative estimate of drug-likeness (QED) is 0.553. The van der Waals surface area contributed by atoms with Crippen LogP contribution >= 0.6 is 11.6 Å². The summed E-state index contributed by atoms with van der Waals surface area (Å²) in [6, 6.07) is 1.53. The Morgan fingerprint density at radius 1 is 1.28 bits per heavy atom. The highest BCUT2D eigenvalue weighted by Crippen LogP contribution is 2.34. The molecule has 4 N–H and O–H groups in total. The molecule has 0 spiro atoms. The van der Waals surface area contributed by atoms with Gasteiger partial charge >= 0.3 is 11.8 Å². The Kier molecular flexibility index (Phi) is 5.06. The number of nitrogen functional groups attached to an aromatic ring is 1. The SMILES string of the molecule is CC1CCC(c2cncc(Cl)c2)N(C(=O)C(=O)Nc2cnc(N)c3cn[nH]c23)C1. The smallest absolute Gasteiger partial charge is 0.314 e. The maximum atomic E-state index is 13.0. The number of nitrogens with one attached hydrogen (secondary N) is 2.